The van der Waals surface area contributed by atoms with Crippen molar-refractivity contribution in [2.24, 2.45) is 5.73 Å². The normalized spacial score (nSPS) is 15.0. The summed E-state index contributed by atoms with van der Waals surface area (Å²) in [4.78, 5) is 28.6. The number of carbonyl (C=O) groups excluding carboxylic acids is 2. The van der Waals surface area contributed by atoms with E-state index in [-0.39, 0.29) is 5.91 Å². The van der Waals surface area contributed by atoms with E-state index < -0.39 is 11.6 Å². The number of urea groups is 1. The average Bonchev–Trinajstić information content (AvgIpc) is 3.39. The Labute approximate surface area is 173 Å². The molecule has 0 atom stereocenters. The summed E-state index contributed by atoms with van der Waals surface area (Å²) in [7, 11) is 0. The maximum absolute atomic E-state index is 12.8. The van der Waals surface area contributed by atoms with Crippen molar-refractivity contribution < 1.29 is 9.59 Å². The summed E-state index contributed by atoms with van der Waals surface area (Å²) >= 11 is 1.58. The molecule has 1 aromatic heterocycles. The molecule has 0 aliphatic heterocycles. The van der Waals surface area contributed by atoms with Crippen molar-refractivity contribution >= 4 is 29.0 Å². The number of thiazole rings is 1. The van der Waals surface area contributed by atoms with Crippen LogP contribution in [-0.2, 0) is 5.54 Å². The van der Waals surface area contributed by atoms with Gasteiger partial charge in [0.1, 0.15) is 5.01 Å². The number of nitrogens with one attached hydrogen (secondary N) is 2. The molecule has 0 spiro atoms. The zero-order chi connectivity index (χ0) is 20.3. The number of benzene rings is 2. The average molecular weight is 407 g/mol. The second kappa shape index (κ2) is 8.05. The Bertz CT molecular complexity index is 1010. The van der Waals surface area contributed by atoms with Gasteiger partial charge in [-0.2, -0.15) is 0 Å². The quantitative estimate of drug-likeness (QED) is 0.582. The van der Waals surface area contributed by atoms with Crippen molar-refractivity contribution in [3.8, 4) is 11.3 Å². The Morgan fingerprint density at radius 1 is 1.00 bits per heavy atom. The van der Waals surface area contributed by atoms with Gasteiger partial charge >= 0.3 is 6.03 Å². The summed E-state index contributed by atoms with van der Waals surface area (Å²) in [5, 5.41) is 8.77. The van der Waals surface area contributed by atoms with Crippen LogP contribution in [0.4, 0.5) is 10.5 Å². The van der Waals surface area contributed by atoms with E-state index in [1.165, 1.54) is 0 Å². The molecule has 0 saturated heterocycles. The summed E-state index contributed by atoms with van der Waals surface area (Å²) in [6.07, 6.45) is 3.91. The van der Waals surface area contributed by atoms with Crippen LogP contribution in [0, 0.1) is 0 Å². The second-order valence-electron chi connectivity index (χ2n) is 7.21. The molecule has 148 valence electrons. The molecule has 1 aliphatic carbocycles. The van der Waals surface area contributed by atoms with Gasteiger partial charge in [0.25, 0.3) is 5.91 Å². The summed E-state index contributed by atoms with van der Waals surface area (Å²) in [5.41, 5.74) is 7.84. The van der Waals surface area contributed by atoms with Gasteiger partial charge in [-0.15, -0.1) is 11.3 Å². The number of nitrogens with zero attached hydrogens (tertiary/aromatic N) is 1. The van der Waals surface area contributed by atoms with E-state index in [2.05, 4.69) is 10.6 Å². The predicted octanol–water partition coefficient (Wildman–Crippen LogP) is 4.50. The first kappa shape index (κ1) is 19.1. The van der Waals surface area contributed by atoms with Gasteiger partial charge in [0.05, 0.1) is 11.2 Å². The lowest BCUT2D eigenvalue weighted by molar-refractivity contribution is 0.0898. The van der Waals surface area contributed by atoms with E-state index >= 15 is 0 Å². The van der Waals surface area contributed by atoms with E-state index in [9.17, 15) is 9.59 Å². The third kappa shape index (κ3) is 4.14. The molecule has 2 aromatic carbocycles. The highest BCUT2D eigenvalue weighted by atomic mass is 32.1. The minimum atomic E-state index is -0.592. The van der Waals surface area contributed by atoms with Crippen LogP contribution < -0.4 is 16.4 Å². The maximum Gasteiger partial charge on any atom is 0.316 e. The van der Waals surface area contributed by atoms with Crippen molar-refractivity contribution in [3.63, 3.8) is 0 Å². The first-order valence-corrected chi connectivity index (χ1v) is 10.4. The standard InChI is InChI=1S/C22H22N4O2S/c23-21(28)24-17-10-8-15(9-11-17)18-14-29-20(25-18)22(12-4-5-13-22)26-19(27)16-6-2-1-3-7-16/h1-3,6-11,14H,4-5,12-13H2,(H,26,27)(H3,23,24,28). The Kier molecular flexibility index (Phi) is 5.31. The number of primary amides is 1. The summed E-state index contributed by atoms with van der Waals surface area (Å²) < 4.78 is 0. The predicted molar refractivity (Wildman–Crippen MR) is 115 cm³/mol. The number of rotatable bonds is 5. The smallest absolute Gasteiger partial charge is 0.316 e. The molecule has 6 nitrogen and oxygen atoms in total. The Balaban J connectivity index is 1.57. The number of anilines is 1. The van der Waals surface area contributed by atoms with Crippen LogP contribution >= 0.6 is 11.3 Å². The molecule has 29 heavy (non-hydrogen) atoms. The fraction of sp³-hybridized carbons (Fsp3) is 0.227. The fourth-order valence-corrected chi connectivity index (χ4v) is 4.79. The Hall–Kier alpha value is -3.19. The lowest BCUT2D eigenvalue weighted by atomic mass is 9.97. The summed E-state index contributed by atoms with van der Waals surface area (Å²) in [5.74, 6) is -0.0638. The fourth-order valence-electron chi connectivity index (χ4n) is 3.74. The van der Waals surface area contributed by atoms with Crippen molar-refractivity contribution in [1.82, 2.24) is 10.3 Å². The van der Waals surface area contributed by atoms with Crippen molar-refractivity contribution in [1.29, 1.82) is 0 Å². The molecule has 4 rings (SSSR count). The maximum atomic E-state index is 12.8. The molecule has 3 aromatic rings. The van der Waals surface area contributed by atoms with E-state index in [0.29, 0.717) is 11.3 Å². The van der Waals surface area contributed by atoms with Crippen molar-refractivity contribution in [2.75, 3.05) is 5.32 Å². The molecule has 0 bridgehead atoms. The number of amides is 3. The molecule has 0 radical (unpaired) electrons. The molecule has 1 heterocycles. The lowest BCUT2D eigenvalue weighted by Crippen LogP contribution is -2.43. The van der Waals surface area contributed by atoms with Crippen LogP contribution in [-0.4, -0.2) is 16.9 Å². The minimum Gasteiger partial charge on any atom is -0.351 e. The first-order chi connectivity index (χ1) is 14.1. The molecule has 7 heteroatoms. The van der Waals surface area contributed by atoms with Crippen LogP contribution in [0.15, 0.2) is 60.0 Å². The van der Waals surface area contributed by atoms with E-state index in [1.807, 2.05) is 47.8 Å². The molecule has 1 fully saturated rings. The van der Waals surface area contributed by atoms with Crippen LogP contribution in [0.3, 0.4) is 0 Å². The zero-order valence-electron chi connectivity index (χ0n) is 15.9. The highest BCUT2D eigenvalue weighted by molar-refractivity contribution is 7.10. The van der Waals surface area contributed by atoms with Gasteiger partial charge in [-0.3, -0.25) is 4.79 Å². The molecular formula is C22H22N4O2S. The third-order valence-electron chi connectivity index (χ3n) is 5.21. The van der Waals surface area contributed by atoms with E-state index in [4.69, 9.17) is 10.7 Å². The van der Waals surface area contributed by atoms with Crippen LogP contribution in [0.5, 0.6) is 0 Å². The van der Waals surface area contributed by atoms with Gasteiger partial charge in [-0.25, -0.2) is 9.78 Å². The Morgan fingerprint density at radius 2 is 1.69 bits per heavy atom. The highest BCUT2D eigenvalue weighted by Gasteiger charge is 2.40. The molecule has 4 N–H and O–H groups in total. The Morgan fingerprint density at radius 3 is 2.34 bits per heavy atom. The number of aromatic nitrogens is 1. The van der Waals surface area contributed by atoms with Gasteiger partial charge in [0.2, 0.25) is 0 Å². The highest BCUT2D eigenvalue weighted by Crippen LogP contribution is 2.41. The van der Waals surface area contributed by atoms with Crippen LogP contribution in [0.2, 0.25) is 0 Å². The van der Waals surface area contributed by atoms with Gasteiger partial charge in [-0.05, 0) is 37.1 Å². The summed E-state index contributed by atoms with van der Waals surface area (Å²) in [6, 6.07) is 16.1. The first-order valence-electron chi connectivity index (χ1n) is 9.56. The van der Waals surface area contributed by atoms with Gasteiger partial charge in [-0.1, -0.05) is 43.2 Å². The molecule has 3 amide bonds. The monoisotopic (exact) mass is 406 g/mol. The number of hydrogen-bond donors (Lipinski definition) is 3. The zero-order valence-corrected chi connectivity index (χ0v) is 16.7. The largest absolute Gasteiger partial charge is 0.351 e. The second-order valence-corrected chi connectivity index (χ2v) is 8.07. The van der Waals surface area contributed by atoms with E-state index in [1.54, 1.807) is 23.5 Å². The third-order valence-corrected chi connectivity index (χ3v) is 6.25. The van der Waals surface area contributed by atoms with Crippen molar-refractivity contribution in [3.05, 3.63) is 70.5 Å². The lowest BCUT2D eigenvalue weighted by Gasteiger charge is -2.28. The number of nitrogens with two attached hydrogens (primary N) is 1. The topological polar surface area (TPSA) is 97.1 Å². The van der Waals surface area contributed by atoms with Crippen LogP contribution in [0.1, 0.15) is 41.0 Å². The number of hydrogen-bond acceptors (Lipinski definition) is 4. The van der Waals surface area contributed by atoms with Gasteiger partial charge in [0.15, 0.2) is 0 Å². The molecule has 0 unspecified atom stereocenters. The SMILES string of the molecule is NC(=O)Nc1ccc(-c2csc(C3(NC(=O)c4ccccc4)CCCC3)n2)cc1. The summed E-state index contributed by atoms with van der Waals surface area (Å²) in [6.45, 7) is 0. The molecule has 1 aliphatic rings. The molecular weight excluding hydrogens is 384 g/mol. The van der Waals surface area contributed by atoms with Gasteiger partial charge in [0, 0.05) is 22.2 Å². The molecule has 1 saturated carbocycles. The number of carbonyl (C=O) groups is 2. The van der Waals surface area contributed by atoms with E-state index in [0.717, 1.165) is 41.9 Å². The minimum absolute atomic E-state index is 0.0638. The van der Waals surface area contributed by atoms with Crippen molar-refractivity contribution in [2.45, 2.75) is 31.2 Å². The van der Waals surface area contributed by atoms with Gasteiger partial charge < -0.3 is 16.4 Å². The van der Waals surface area contributed by atoms with Crippen LogP contribution in [0.25, 0.3) is 11.3 Å².